The van der Waals surface area contributed by atoms with E-state index in [9.17, 15) is 0 Å². The lowest BCUT2D eigenvalue weighted by atomic mass is 10.0. The van der Waals surface area contributed by atoms with Crippen LogP contribution in [0.15, 0.2) is 4.99 Å². The van der Waals surface area contributed by atoms with Gasteiger partial charge >= 0.3 is 0 Å². The zero-order valence-electron chi connectivity index (χ0n) is 16.3. The summed E-state index contributed by atoms with van der Waals surface area (Å²) >= 11 is 0. The molecule has 2 aliphatic rings. The largest absolute Gasteiger partial charge is 0.379 e. The highest BCUT2D eigenvalue weighted by Crippen LogP contribution is 2.15. The van der Waals surface area contributed by atoms with Crippen LogP contribution >= 0.6 is 0 Å². The number of nitrogens with zero attached hydrogens (tertiary/aromatic N) is 3. The molecule has 0 aliphatic carbocycles. The van der Waals surface area contributed by atoms with Gasteiger partial charge in [-0.3, -0.25) is 9.89 Å². The number of likely N-dealkylation sites (tertiary alicyclic amines) is 1. The van der Waals surface area contributed by atoms with Crippen molar-refractivity contribution in [3.05, 3.63) is 0 Å². The molecule has 6 nitrogen and oxygen atoms in total. The van der Waals surface area contributed by atoms with Crippen LogP contribution in [0.25, 0.3) is 0 Å². The van der Waals surface area contributed by atoms with Gasteiger partial charge in [0.2, 0.25) is 0 Å². The first-order chi connectivity index (χ1) is 11.4. The van der Waals surface area contributed by atoms with Gasteiger partial charge in [-0.25, -0.2) is 0 Å². The predicted molar refractivity (Wildman–Crippen MR) is 101 cm³/mol. The zero-order valence-corrected chi connectivity index (χ0v) is 16.3. The zero-order chi connectivity index (χ0) is 17.6. The van der Waals surface area contributed by atoms with Crippen molar-refractivity contribution in [1.82, 2.24) is 20.4 Å². The third-order valence-corrected chi connectivity index (χ3v) is 5.38. The van der Waals surface area contributed by atoms with Crippen molar-refractivity contribution in [2.45, 2.75) is 58.2 Å². The number of piperidine rings is 1. The van der Waals surface area contributed by atoms with Crippen molar-refractivity contribution in [2.75, 3.05) is 53.0 Å². The molecule has 0 radical (unpaired) electrons. The third-order valence-electron chi connectivity index (χ3n) is 5.38. The Bertz CT molecular complexity index is 396. The molecule has 6 heteroatoms. The molecule has 2 saturated heterocycles. The molecule has 2 heterocycles. The van der Waals surface area contributed by atoms with Gasteiger partial charge in [-0.15, -0.1) is 0 Å². The van der Waals surface area contributed by atoms with Gasteiger partial charge in [-0.1, -0.05) is 0 Å². The highest BCUT2D eigenvalue weighted by atomic mass is 16.5. The highest BCUT2D eigenvalue weighted by molar-refractivity contribution is 5.80. The molecule has 140 valence electrons. The first-order valence-corrected chi connectivity index (χ1v) is 9.46. The lowest BCUT2D eigenvalue weighted by Gasteiger charge is -2.41. The Hall–Kier alpha value is -0.850. The lowest BCUT2D eigenvalue weighted by molar-refractivity contribution is -0.00836. The smallest absolute Gasteiger partial charge is 0.191 e. The number of aliphatic imine (C=N–C) groups is 1. The van der Waals surface area contributed by atoms with E-state index in [2.05, 4.69) is 53.1 Å². The van der Waals surface area contributed by atoms with Crippen molar-refractivity contribution in [2.24, 2.45) is 4.99 Å². The van der Waals surface area contributed by atoms with Crippen molar-refractivity contribution >= 4 is 5.96 Å². The van der Waals surface area contributed by atoms with E-state index in [0.717, 1.165) is 38.8 Å². The minimum absolute atomic E-state index is 0.0996. The number of hydrogen-bond acceptors (Lipinski definition) is 4. The summed E-state index contributed by atoms with van der Waals surface area (Å²) in [5.74, 6) is 0.930. The number of nitrogens with one attached hydrogen (secondary N) is 2. The summed E-state index contributed by atoms with van der Waals surface area (Å²) in [6.45, 7) is 16.1. The Morgan fingerprint density at radius 3 is 2.33 bits per heavy atom. The normalized spacial score (nSPS) is 22.8. The summed E-state index contributed by atoms with van der Waals surface area (Å²) < 4.78 is 5.47. The quantitative estimate of drug-likeness (QED) is 0.581. The van der Waals surface area contributed by atoms with Crippen molar-refractivity contribution in [1.29, 1.82) is 0 Å². The summed E-state index contributed by atoms with van der Waals surface area (Å²) in [7, 11) is 1.86. The number of hydrogen-bond donors (Lipinski definition) is 2. The van der Waals surface area contributed by atoms with Gasteiger partial charge < -0.3 is 20.3 Å². The van der Waals surface area contributed by atoms with E-state index in [1.807, 2.05) is 7.05 Å². The SMILES string of the molecule is CN=C(NCC(C)(C)N1CCOCC1)NC1CCN(C(C)C)CC1. The van der Waals surface area contributed by atoms with Crippen LogP contribution in [0.3, 0.4) is 0 Å². The van der Waals surface area contributed by atoms with Crippen LogP contribution in [0.4, 0.5) is 0 Å². The number of ether oxygens (including phenoxy) is 1. The number of rotatable bonds is 5. The third kappa shape index (κ3) is 5.60. The Morgan fingerprint density at radius 1 is 1.17 bits per heavy atom. The molecule has 0 aromatic rings. The molecule has 0 aromatic carbocycles. The second-order valence-corrected chi connectivity index (χ2v) is 7.89. The fourth-order valence-electron chi connectivity index (χ4n) is 3.53. The van der Waals surface area contributed by atoms with Gasteiger partial charge in [-0.2, -0.15) is 0 Å². The fraction of sp³-hybridized carbons (Fsp3) is 0.944. The van der Waals surface area contributed by atoms with Crippen molar-refractivity contribution < 1.29 is 4.74 Å². The summed E-state index contributed by atoms with van der Waals surface area (Å²) in [5.41, 5.74) is 0.0996. The van der Waals surface area contributed by atoms with Crippen LogP contribution in [0.1, 0.15) is 40.5 Å². The average molecular weight is 340 g/mol. The monoisotopic (exact) mass is 339 g/mol. The van der Waals surface area contributed by atoms with E-state index in [0.29, 0.717) is 12.1 Å². The number of guanidine groups is 1. The Labute approximate surface area is 148 Å². The van der Waals surface area contributed by atoms with Crippen molar-refractivity contribution in [3.63, 3.8) is 0 Å². The second kappa shape index (κ2) is 9.02. The van der Waals surface area contributed by atoms with Gasteiger partial charge in [0.1, 0.15) is 0 Å². The van der Waals surface area contributed by atoms with E-state index in [4.69, 9.17) is 4.74 Å². The van der Waals surface area contributed by atoms with Gasteiger partial charge in [0, 0.05) is 57.4 Å². The lowest BCUT2D eigenvalue weighted by Crippen LogP contribution is -2.57. The van der Waals surface area contributed by atoms with Crippen LogP contribution in [-0.4, -0.2) is 86.4 Å². The molecule has 0 atom stereocenters. The molecule has 0 bridgehead atoms. The van der Waals surface area contributed by atoms with Gasteiger partial charge in [0.25, 0.3) is 0 Å². The molecule has 0 aromatic heterocycles. The summed E-state index contributed by atoms with van der Waals surface area (Å²) in [5, 5.41) is 7.14. The summed E-state index contributed by atoms with van der Waals surface area (Å²) in [6, 6.07) is 1.18. The Kier molecular flexibility index (Phi) is 7.32. The topological polar surface area (TPSA) is 52.1 Å². The fourth-order valence-corrected chi connectivity index (χ4v) is 3.53. The van der Waals surface area contributed by atoms with E-state index >= 15 is 0 Å². The van der Waals surface area contributed by atoms with E-state index in [1.165, 1.54) is 25.9 Å². The predicted octanol–water partition coefficient (Wildman–Crippen LogP) is 1.14. The molecule has 0 amide bonds. The van der Waals surface area contributed by atoms with Crippen LogP contribution in [0, 0.1) is 0 Å². The molecular weight excluding hydrogens is 302 g/mol. The molecule has 24 heavy (non-hydrogen) atoms. The summed E-state index contributed by atoms with van der Waals surface area (Å²) in [4.78, 5) is 9.47. The minimum atomic E-state index is 0.0996. The maximum atomic E-state index is 5.47. The average Bonchev–Trinajstić information content (AvgIpc) is 2.59. The van der Waals surface area contributed by atoms with E-state index in [1.54, 1.807) is 0 Å². The van der Waals surface area contributed by atoms with Gasteiger partial charge in [-0.05, 0) is 40.5 Å². The molecule has 0 unspecified atom stereocenters. The highest BCUT2D eigenvalue weighted by Gasteiger charge is 2.28. The standard InChI is InChI=1S/C18H37N5O/c1-15(2)22-8-6-16(7-9-22)21-17(19-5)20-14-18(3,4)23-10-12-24-13-11-23/h15-16H,6-14H2,1-5H3,(H2,19,20,21). The summed E-state index contributed by atoms with van der Waals surface area (Å²) in [6.07, 6.45) is 2.37. The maximum absolute atomic E-state index is 5.47. The minimum Gasteiger partial charge on any atom is -0.379 e. The molecule has 2 fully saturated rings. The van der Waals surface area contributed by atoms with E-state index < -0.39 is 0 Å². The van der Waals surface area contributed by atoms with Crippen LogP contribution < -0.4 is 10.6 Å². The molecule has 2 rings (SSSR count). The Morgan fingerprint density at radius 2 is 1.79 bits per heavy atom. The molecule has 2 N–H and O–H groups in total. The van der Waals surface area contributed by atoms with Gasteiger partial charge in [0.15, 0.2) is 5.96 Å². The van der Waals surface area contributed by atoms with Crippen molar-refractivity contribution in [3.8, 4) is 0 Å². The molecule has 0 saturated carbocycles. The molecule has 0 spiro atoms. The van der Waals surface area contributed by atoms with Crippen LogP contribution in [0.2, 0.25) is 0 Å². The maximum Gasteiger partial charge on any atom is 0.191 e. The first kappa shape index (κ1) is 19.5. The Balaban J connectivity index is 1.76. The molecular formula is C18H37N5O. The van der Waals surface area contributed by atoms with Crippen LogP contribution in [0.5, 0.6) is 0 Å². The van der Waals surface area contributed by atoms with Gasteiger partial charge in [0.05, 0.1) is 13.2 Å². The second-order valence-electron chi connectivity index (χ2n) is 7.89. The first-order valence-electron chi connectivity index (χ1n) is 9.46. The van der Waals surface area contributed by atoms with E-state index in [-0.39, 0.29) is 5.54 Å². The van der Waals surface area contributed by atoms with Crippen LogP contribution in [-0.2, 0) is 4.74 Å². The number of morpholine rings is 1. The molecule has 2 aliphatic heterocycles.